The van der Waals surface area contributed by atoms with E-state index in [0.29, 0.717) is 46.8 Å². The summed E-state index contributed by atoms with van der Waals surface area (Å²) in [5, 5.41) is -0.326. The summed E-state index contributed by atoms with van der Waals surface area (Å²) < 4.78 is 263. The molecule has 0 saturated heterocycles. The second kappa shape index (κ2) is 20.7. The normalized spacial score (nSPS) is 12.8. The Morgan fingerprint density at radius 2 is 0.576 bits per heavy atom. The summed E-state index contributed by atoms with van der Waals surface area (Å²) in [6.07, 6.45) is -31.4. The Morgan fingerprint density at radius 3 is 0.918 bits per heavy atom. The molecule has 11 rings (SSSR count). The minimum Gasteiger partial charge on any atom is -0.308 e. The zero-order valence-electron chi connectivity index (χ0n) is 42.7. The molecule has 0 bridgehead atoms. The molecule has 9 aromatic carbocycles. The lowest BCUT2D eigenvalue weighted by Gasteiger charge is -2.22. The van der Waals surface area contributed by atoms with E-state index < -0.39 is 81.6 Å². The van der Waals surface area contributed by atoms with Crippen molar-refractivity contribution in [3.8, 4) is 84.1 Å². The first-order valence-corrected chi connectivity index (χ1v) is 25.1. The number of hydrogen-bond acceptors (Lipinski definition) is 2. The Balaban J connectivity index is 1.30. The fourth-order valence-electron chi connectivity index (χ4n) is 10.1. The van der Waals surface area contributed by atoms with Crippen LogP contribution in [0.2, 0.25) is 0 Å². The molecular weight excluding hydrogens is 1150 g/mol. The molecule has 2 heterocycles. The number of aromatic nitrogens is 3. The molecule has 0 saturated carbocycles. The maximum Gasteiger partial charge on any atom is 0.416 e. The largest absolute Gasteiger partial charge is 0.416 e. The second-order valence-electron chi connectivity index (χ2n) is 19.7. The Bertz CT molecular complexity index is 4040. The van der Waals surface area contributed by atoms with Crippen molar-refractivity contribution in [2.45, 2.75) is 37.1 Å². The first-order chi connectivity index (χ1) is 39.9. The quantitative estimate of drug-likeness (QED) is 0.142. The maximum absolute atomic E-state index is 14.9. The minimum atomic E-state index is -5.34. The first kappa shape index (κ1) is 57.4. The lowest BCUT2D eigenvalue weighted by atomic mass is 9.91. The molecule has 21 heteroatoms. The van der Waals surface area contributed by atoms with Gasteiger partial charge in [-0.2, -0.15) is 79.0 Å². The summed E-state index contributed by atoms with van der Waals surface area (Å²) in [6.45, 7) is 0. The Labute approximate surface area is 468 Å². The van der Waals surface area contributed by atoms with Crippen molar-refractivity contribution in [2.24, 2.45) is 0 Å². The average Bonchev–Trinajstić information content (AvgIpc) is 2.14. The van der Waals surface area contributed by atoms with Crippen molar-refractivity contribution in [1.82, 2.24) is 14.5 Å². The zero-order chi connectivity index (χ0) is 60.8. The standard InChI is InChI=1S/C64H33F18N3/c65-59(66,67)43-15-7-13-38(21-43)49-29-42(58-83-53(34-9-3-1-4-10-34)33-54(84-58)35-11-5-2-6-12-35)30-50(39-14-8-16-44(22-39)60(68,69)70)57(49)85-55-19-17-36(40-23-45(61(71,72)73)31-46(24-40)62(74,75)76)27-51(55)52-28-37(18-20-56(52)85)41-25-47(63(77,78)79)32-48(26-41)64(80,81)82/h1-33H. The van der Waals surface area contributed by atoms with E-state index in [2.05, 4.69) is 0 Å². The van der Waals surface area contributed by atoms with E-state index >= 15 is 0 Å². The molecule has 0 unspecified atom stereocenters. The predicted molar refractivity (Wildman–Crippen MR) is 284 cm³/mol. The van der Waals surface area contributed by atoms with Crippen molar-refractivity contribution in [3.63, 3.8) is 0 Å². The number of nitrogens with zero attached hydrogens (tertiary/aromatic N) is 3. The third kappa shape index (κ3) is 11.5. The Kier molecular flexibility index (Phi) is 14.0. The van der Waals surface area contributed by atoms with Crippen LogP contribution >= 0.6 is 0 Å². The molecule has 11 aromatic rings. The molecular formula is C64H33F18N3. The molecule has 0 fully saturated rings. The number of fused-ring (bicyclic) bond motifs is 3. The van der Waals surface area contributed by atoms with Crippen molar-refractivity contribution in [2.75, 3.05) is 0 Å². The van der Waals surface area contributed by atoms with Crippen LogP contribution in [-0.4, -0.2) is 14.5 Å². The summed E-state index contributed by atoms with van der Waals surface area (Å²) in [6, 6.07) is 37.5. The summed E-state index contributed by atoms with van der Waals surface area (Å²) in [4.78, 5) is 9.75. The van der Waals surface area contributed by atoms with Gasteiger partial charge >= 0.3 is 37.1 Å². The van der Waals surface area contributed by atoms with Crippen LogP contribution in [0.15, 0.2) is 200 Å². The van der Waals surface area contributed by atoms with Crippen LogP contribution in [0.25, 0.3) is 106 Å². The van der Waals surface area contributed by atoms with Gasteiger partial charge < -0.3 is 4.57 Å². The van der Waals surface area contributed by atoms with Gasteiger partial charge in [0.25, 0.3) is 0 Å². The monoisotopic (exact) mass is 1190 g/mol. The molecule has 0 amide bonds. The van der Waals surface area contributed by atoms with E-state index in [9.17, 15) is 79.0 Å². The number of hydrogen-bond donors (Lipinski definition) is 0. The van der Waals surface area contributed by atoms with Gasteiger partial charge in [-0.1, -0.05) is 97.1 Å². The highest BCUT2D eigenvalue weighted by molar-refractivity contribution is 6.13. The highest BCUT2D eigenvalue weighted by atomic mass is 19.4. The van der Waals surface area contributed by atoms with E-state index in [4.69, 9.17) is 9.97 Å². The third-order valence-electron chi connectivity index (χ3n) is 14.1. The van der Waals surface area contributed by atoms with Gasteiger partial charge in [0.05, 0.1) is 61.5 Å². The van der Waals surface area contributed by atoms with Crippen molar-refractivity contribution in [3.05, 3.63) is 234 Å². The van der Waals surface area contributed by atoms with E-state index in [1.165, 1.54) is 41.0 Å². The van der Waals surface area contributed by atoms with E-state index in [1.807, 2.05) is 0 Å². The lowest BCUT2D eigenvalue weighted by molar-refractivity contribution is -0.144. The van der Waals surface area contributed by atoms with Crippen LogP contribution < -0.4 is 0 Å². The molecule has 2 aromatic heterocycles. The Hall–Kier alpha value is -9.40. The molecule has 0 radical (unpaired) electrons. The average molecular weight is 1190 g/mol. The maximum atomic E-state index is 14.9. The van der Waals surface area contributed by atoms with Gasteiger partial charge in [-0.15, -0.1) is 0 Å². The van der Waals surface area contributed by atoms with Crippen LogP contribution in [0.3, 0.4) is 0 Å². The van der Waals surface area contributed by atoms with Gasteiger partial charge in [0.2, 0.25) is 0 Å². The van der Waals surface area contributed by atoms with Crippen molar-refractivity contribution >= 4 is 21.8 Å². The van der Waals surface area contributed by atoms with Crippen LogP contribution in [-0.2, 0) is 37.1 Å². The van der Waals surface area contributed by atoms with Gasteiger partial charge in [-0.3, -0.25) is 0 Å². The molecule has 0 atom stereocenters. The van der Waals surface area contributed by atoms with Crippen LogP contribution in [0.4, 0.5) is 79.0 Å². The lowest BCUT2D eigenvalue weighted by Crippen LogP contribution is -2.11. The van der Waals surface area contributed by atoms with E-state index in [0.717, 1.165) is 60.7 Å². The van der Waals surface area contributed by atoms with E-state index in [1.54, 1.807) is 66.7 Å². The van der Waals surface area contributed by atoms with Crippen LogP contribution in [0.5, 0.6) is 0 Å². The number of benzene rings is 9. The highest BCUT2D eigenvalue weighted by Crippen LogP contribution is 2.49. The summed E-state index contributed by atoms with van der Waals surface area (Å²) in [5.41, 5.74) is -10.8. The van der Waals surface area contributed by atoms with Crippen molar-refractivity contribution in [1.29, 1.82) is 0 Å². The van der Waals surface area contributed by atoms with Crippen LogP contribution in [0.1, 0.15) is 33.4 Å². The third-order valence-corrected chi connectivity index (χ3v) is 14.1. The molecule has 85 heavy (non-hydrogen) atoms. The Morgan fingerprint density at radius 1 is 0.247 bits per heavy atom. The van der Waals surface area contributed by atoms with Gasteiger partial charge in [-0.05, 0) is 137 Å². The number of alkyl halides is 18. The van der Waals surface area contributed by atoms with Gasteiger partial charge in [0.15, 0.2) is 5.82 Å². The fourth-order valence-corrected chi connectivity index (χ4v) is 10.1. The molecule has 3 nitrogen and oxygen atoms in total. The molecule has 0 aliphatic carbocycles. The summed E-state index contributed by atoms with van der Waals surface area (Å²) >= 11 is 0. The summed E-state index contributed by atoms with van der Waals surface area (Å²) in [5.74, 6) is -0.0941. The first-order valence-electron chi connectivity index (χ1n) is 25.1. The van der Waals surface area contributed by atoms with Gasteiger partial charge in [0.1, 0.15) is 0 Å². The molecule has 0 spiro atoms. The van der Waals surface area contributed by atoms with Crippen molar-refractivity contribution < 1.29 is 79.0 Å². The minimum absolute atomic E-state index is 0.0129. The number of halogens is 18. The second-order valence-corrected chi connectivity index (χ2v) is 19.7. The molecule has 0 aliphatic rings. The molecule has 430 valence electrons. The fraction of sp³-hybridized carbons (Fsp3) is 0.0938. The molecule has 0 aliphatic heterocycles. The topological polar surface area (TPSA) is 30.7 Å². The number of rotatable bonds is 8. The molecule has 0 N–H and O–H groups in total. The van der Waals surface area contributed by atoms with Gasteiger partial charge in [-0.25, -0.2) is 9.97 Å². The zero-order valence-corrected chi connectivity index (χ0v) is 42.7. The smallest absolute Gasteiger partial charge is 0.308 e. The van der Waals surface area contributed by atoms with E-state index in [-0.39, 0.29) is 84.4 Å². The predicted octanol–water partition coefficient (Wildman–Crippen LogP) is 21.4. The highest BCUT2D eigenvalue weighted by Gasteiger charge is 2.40. The summed E-state index contributed by atoms with van der Waals surface area (Å²) in [7, 11) is 0. The SMILES string of the molecule is FC(F)(F)c1cccc(-c2cc(-c3nc(-c4ccccc4)cc(-c4ccccc4)n3)cc(-c3cccc(C(F)(F)F)c3)c2-n2c3ccc(-c4cc(C(F)(F)F)cc(C(F)(F)F)c4)cc3c3cc(-c4cc(C(F)(F)F)cc(C(F)(F)F)c4)ccc32)c1. The van der Waals surface area contributed by atoms with Gasteiger partial charge in [0, 0.05) is 38.6 Å². The van der Waals surface area contributed by atoms with Crippen LogP contribution in [0, 0.1) is 0 Å².